The molecule has 1 aromatic carbocycles. The summed E-state index contributed by atoms with van der Waals surface area (Å²) in [6.07, 6.45) is 0.867. The minimum Gasteiger partial charge on any atom is -0.481 e. The Morgan fingerprint density at radius 1 is 1.26 bits per heavy atom. The van der Waals surface area contributed by atoms with Crippen molar-refractivity contribution in [1.29, 1.82) is 0 Å². The van der Waals surface area contributed by atoms with Gasteiger partial charge >= 0.3 is 5.97 Å². The number of anilines is 1. The van der Waals surface area contributed by atoms with Crippen molar-refractivity contribution in [1.82, 2.24) is 5.32 Å². The van der Waals surface area contributed by atoms with Gasteiger partial charge in [-0.3, -0.25) is 9.59 Å². The Labute approximate surface area is 138 Å². The Bertz CT molecular complexity index is 567. The number of carboxylic acid groups (broad SMARTS) is 1. The van der Waals surface area contributed by atoms with Crippen molar-refractivity contribution in [3.05, 3.63) is 29.3 Å². The number of nitrogens with one attached hydrogen (secondary N) is 2. The van der Waals surface area contributed by atoms with Gasteiger partial charge in [0, 0.05) is 18.2 Å². The van der Waals surface area contributed by atoms with Gasteiger partial charge in [-0.05, 0) is 64.8 Å². The van der Waals surface area contributed by atoms with Crippen molar-refractivity contribution in [2.75, 3.05) is 11.9 Å². The molecule has 3 N–H and O–H groups in total. The summed E-state index contributed by atoms with van der Waals surface area (Å²) in [5, 5.41) is 15.2. The third-order valence-electron chi connectivity index (χ3n) is 4.19. The number of carboxylic acids is 1. The fourth-order valence-corrected chi connectivity index (χ4v) is 2.18. The molecular formula is C18H28N2O3. The van der Waals surface area contributed by atoms with Crippen LogP contribution in [0, 0.1) is 19.3 Å². The highest BCUT2D eigenvalue weighted by atomic mass is 16.4. The molecule has 0 saturated heterocycles. The first-order chi connectivity index (χ1) is 10.6. The van der Waals surface area contributed by atoms with Crippen molar-refractivity contribution in [2.24, 2.45) is 5.41 Å². The normalized spacial score (nSPS) is 12.7. The molecule has 0 aliphatic rings. The summed E-state index contributed by atoms with van der Waals surface area (Å²) in [6.45, 7) is 9.90. The summed E-state index contributed by atoms with van der Waals surface area (Å²) in [5.41, 5.74) is 2.30. The molecule has 1 unspecified atom stereocenters. The van der Waals surface area contributed by atoms with Crippen LogP contribution >= 0.6 is 0 Å². The molecule has 23 heavy (non-hydrogen) atoms. The Morgan fingerprint density at radius 2 is 1.91 bits per heavy atom. The van der Waals surface area contributed by atoms with Crippen LogP contribution in [0.15, 0.2) is 18.2 Å². The second kappa shape index (κ2) is 8.11. The average molecular weight is 320 g/mol. The standard InChI is InChI=1S/C18H28N2O3/c1-12-7-6-8-15(14(12)3)20-16(21)11-13(2)19-10-9-18(4,5)17(22)23/h6-8,13,19H,9-11H2,1-5H3,(H,20,21)(H,22,23). The number of benzene rings is 1. The molecule has 0 heterocycles. The molecule has 128 valence electrons. The number of hydrogen-bond acceptors (Lipinski definition) is 3. The molecule has 5 heteroatoms. The zero-order valence-electron chi connectivity index (χ0n) is 14.7. The maximum Gasteiger partial charge on any atom is 0.309 e. The Morgan fingerprint density at radius 3 is 2.52 bits per heavy atom. The molecule has 0 saturated carbocycles. The fraction of sp³-hybridized carbons (Fsp3) is 0.556. The van der Waals surface area contributed by atoms with E-state index in [2.05, 4.69) is 10.6 Å². The summed E-state index contributed by atoms with van der Waals surface area (Å²) in [5.74, 6) is -0.851. The lowest BCUT2D eigenvalue weighted by Crippen LogP contribution is -2.35. The summed E-state index contributed by atoms with van der Waals surface area (Å²) in [6, 6.07) is 5.82. The number of aryl methyl sites for hydroxylation is 1. The summed E-state index contributed by atoms with van der Waals surface area (Å²) in [7, 11) is 0. The topological polar surface area (TPSA) is 78.4 Å². The third kappa shape index (κ3) is 6.02. The van der Waals surface area contributed by atoms with E-state index in [1.165, 1.54) is 0 Å². The number of carbonyl (C=O) groups is 2. The second-order valence-corrected chi connectivity index (χ2v) is 6.79. The minimum atomic E-state index is -0.806. The second-order valence-electron chi connectivity index (χ2n) is 6.79. The number of carbonyl (C=O) groups excluding carboxylic acids is 1. The predicted molar refractivity (Wildman–Crippen MR) is 92.7 cm³/mol. The highest BCUT2D eigenvalue weighted by molar-refractivity contribution is 5.92. The lowest BCUT2D eigenvalue weighted by molar-refractivity contribution is -0.147. The molecule has 0 fully saturated rings. The number of hydrogen-bond donors (Lipinski definition) is 3. The first-order valence-corrected chi connectivity index (χ1v) is 7.96. The number of aliphatic carboxylic acids is 1. The van der Waals surface area contributed by atoms with Gasteiger partial charge in [-0.15, -0.1) is 0 Å². The quantitative estimate of drug-likeness (QED) is 0.688. The van der Waals surface area contributed by atoms with Gasteiger partial charge in [-0.1, -0.05) is 12.1 Å². The van der Waals surface area contributed by atoms with E-state index in [9.17, 15) is 9.59 Å². The van der Waals surface area contributed by atoms with Crippen LogP contribution in [0.4, 0.5) is 5.69 Å². The highest BCUT2D eigenvalue weighted by Crippen LogP contribution is 2.20. The number of rotatable bonds is 8. The average Bonchev–Trinajstić information content (AvgIpc) is 2.43. The van der Waals surface area contributed by atoms with E-state index in [0.29, 0.717) is 19.4 Å². The van der Waals surface area contributed by atoms with Crippen LogP contribution < -0.4 is 10.6 Å². The van der Waals surface area contributed by atoms with Crippen LogP contribution in [0.2, 0.25) is 0 Å². The van der Waals surface area contributed by atoms with Crippen molar-refractivity contribution in [2.45, 2.75) is 53.5 Å². The first kappa shape index (κ1) is 19.2. The van der Waals surface area contributed by atoms with E-state index in [4.69, 9.17) is 5.11 Å². The smallest absolute Gasteiger partial charge is 0.309 e. The minimum absolute atomic E-state index is 0.00953. The Hall–Kier alpha value is -1.88. The monoisotopic (exact) mass is 320 g/mol. The third-order valence-corrected chi connectivity index (χ3v) is 4.19. The van der Waals surface area contributed by atoms with E-state index in [0.717, 1.165) is 16.8 Å². The molecule has 0 aliphatic heterocycles. The van der Waals surface area contributed by atoms with Crippen LogP contribution in [-0.2, 0) is 9.59 Å². The van der Waals surface area contributed by atoms with E-state index >= 15 is 0 Å². The van der Waals surface area contributed by atoms with Gasteiger partial charge in [-0.2, -0.15) is 0 Å². The van der Waals surface area contributed by atoms with Crippen LogP contribution in [0.3, 0.4) is 0 Å². The summed E-state index contributed by atoms with van der Waals surface area (Å²) < 4.78 is 0. The molecule has 1 aromatic rings. The molecule has 0 bridgehead atoms. The molecule has 0 aliphatic carbocycles. The SMILES string of the molecule is Cc1cccc(NC(=O)CC(C)NCCC(C)(C)C(=O)O)c1C. The fourth-order valence-electron chi connectivity index (χ4n) is 2.18. The molecule has 1 amide bonds. The molecule has 1 rings (SSSR count). The van der Waals surface area contributed by atoms with Gasteiger partial charge in [0.2, 0.25) is 5.91 Å². The maximum absolute atomic E-state index is 12.1. The van der Waals surface area contributed by atoms with E-state index in [1.54, 1.807) is 13.8 Å². The molecule has 0 aromatic heterocycles. The molecule has 5 nitrogen and oxygen atoms in total. The van der Waals surface area contributed by atoms with Gasteiger partial charge in [-0.25, -0.2) is 0 Å². The van der Waals surface area contributed by atoms with E-state index in [1.807, 2.05) is 39.0 Å². The molecular weight excluding hydrogens is 292 g/mol. The predicted octanol–water partition coefficient (Wildman–Crippen LogP) is 3.11. The van der Waals surface area contributed by atoms with Crippen LogP contribution in [0.25, 0.3) is 0 Å². The highest BCUT2D eigenvalue weighted by Gasteiger charge is 2.26. The largest absolute Gasteiger partial charge is 0.481 e. The van der Waals surface area contributed by atoms with Crippen LogP contribution in [-0.4, -0.2) is 29.6 Å². The van der Waals surface area contributed by atoms with E-state index in [-0.39, 0.29) is 11.9 Å². The first-order valence-electron chi connectivity index (χ1n) is 7.96. The lowest BCUT2D eigenvalue weighted by Gasteiger charge is -2.21. The van der Waals surface area contributed by atoms with Gasteiger partial charge in [0.15, 0.2) is 0 Å². The van der Waals surface area contributed by atoms with Gasteiger partial charge in [0.05, 0.1) is 5.41 Å². The van der Waals surface area contributed by atoms with Crippen molar-refractivity contribution in [3.63, 3.8) is 0 Å². The van der Waals surface area contributed by atoms with Gasteiger partial charge in [0.25, 0.3) is 0 Å². The van der Waals surface area contributed by atoms with Crippen LogP contribution in [0.5, 0.6) is 0 Å². The Balaban J connectivity index is 2.42. The molecule has 1 atom stereocenters. The zero-order chi connectivity index (χ0) is 17.6. The summed E-state index contributed by atoms with van der Waals surface area (Å²) in [4.78, 5) is 23.2. The van der Waals surface area contributed by atoms with Crippen LogP contribution in [0.1, 0.15) is 44.7 Å². The Kier molecular flexibility index (Phi) is 6.76. The van der Waals surface area contributed by atoms with Crippen molar-refractivity contribution >= 4 is 17.6 Å². The number of amides is 1. The van der Waals surface area contributed by atoms with Crippen molar-refractivity contribution < 1.29 is 14.7 Å². The maximum atomic E-state index is 12.1. The molecule has 0 radical (unpaired) electrons. The zero-order valence-corrected chi connectivity index (χ0v) is 14.7. The van der Waals surface area contributed by atoms with Gasteiger partial charge < -0.3 is 15.7 Å². The lowest BCUT2D eigenvalue weighted by atomic mass is 9.89. The summed E-state index contributed by atoms with van der Waals surface area (Å²) >= 11 is 0. The van der Waals surface area contributed by atoms with E-state index < -0.39 is 11.4 Å². The van der Waals surface area contributed by atoms with Gasteiger partial charge in [0.1, 0.15) is 0 Å². The molecule has 0 spiro atoms. The van der Waals surface area contributed by atoms with Crippen molar-refractivity contribution in [3.8, 4) is 0 Å².